The van der Waals surface area contributed by atoms with Crippen LogP contribution in [0, 0.1) is 5.41 Å². The van der Waals surface area contributed by atoms with E-state index >= 15 is 0 Å². The molecule has 0 amide bonds. The lowest BCUT2D eigenvalue weighted by Crippen LogP contribution is -2.35. The summed E-state index contributed by atoms with van der Waals surface area (Å²) in [4.78, 5) is 22.1. The largest absolute Gasteiger partial charge is 0.509 e. The molecule has 1 rings (SSSR count). The van der Waals surface area contributed by atoms with Gasteiger partial charge in [-0.15, -0.1) is 12.6 Å². The minimum Gasteiger partial charge on any atom is -0.462 e. The van der Waals surface area contributed by atoms with E-state index in [0.29, 0.717) is 0 Å². The van der Waals surface area contributed by atoms with Gasteiger partial charge >= 0.3 is 12.1 Å². The molecule has 0 radical (unpaired) electrons. The fourth-order valence-corrected chi connectivity index (χ4v) is 1.22. The second-order valence-corrected chi connectivity index (χ2v) is 3.88. The third-order valence-corrected chi connectivity index (χ3v) is 2.04. The van der Waals surface area contributed by atoms with E-state index < -0.39 is 23.6 Å². The van der Waals surface area contributed by atoms with E-state index in [-0.39, 0.29) is 12.5 Å². The Bertz CT molecular complexity index is 250. The van der Waals surface area contributed by atoms with E-state index in [1.165, 1.54) is 0 Å². The Morgan fingerprint density at radius 1 is 1.71 bits per heavy atom. The van der Waals surface area contributed by atoms with Crippen LogP contribution in [0.2, 0.25) is 0 Å². The first-order valence-electron chi connectivity index (χ1n) is 4.08. The first kappa shape index (κ1) is 11.2. The lowest BCUT2D eigenvalue weighted by molar-refractivity contribution is -0.146. The summed E-state index contributed by atoms with van der Waals surface area (Å²) in [6.07, 6.45) is -1.80. The van der Waals surface area contributed by atoms with Crippen molar-refractivity contribution < 1.29 is 23.8 Å². The normalized spacial score (nSPS) is 24.2. The fourth-order valence-electron chi connectivity index (χ4n) is 1.12. The number of cyclic esters (lactones) is 1. The van der Waals surface area contributed by atoms with Crippen LogP contribution in [0.5, 0.6) is 0 Å². The van der Waals surface area contributed by atoms with Crippen molar-refractivity contribution in [3.8, 4) is 0 Å². The second kappa shape index (κ2) is 4.08. The van der Waals surface area contributed by atoms with Crippen LogP contribution in [0.4, 0.5) is 4.79 Å². The third-order valence-electron chi connectivity index (χ3n) is 1.91. The molecule has 0 aromatic carbocycles. The molecular formula is C8H12O5S. The highest BCUT2D eigenvalue weighted by molar-refractivity contribution is 7.80. The molecule has 1 heterocycles. The van der Waals surface area contributed by atoms with Crippen LogP contribution >= 0.6 is 12.6 Å². The van der Waals surface area contributed by atoms with E-state index in [0.717, 1.165) is 0 Å². The molecular weight excluding hydrogens is 208 g/mol. The summed E-state index contributed by atoms with van der Waals surface area (Å²) in [5.41, 5.74) is -0.507. The zero-order valence-electron chi connectivity index (χ0n) is 7.98. The Morgan fingerprint density at radius 2 is 2.36 bits per heavy atom. The van der Waals surface area contributed by atoms with Gasteiger partial charge in [0.25, 0.3) is 0 Å². The minimum absolute atomic E-state index is 0.0823. The molecule has 1 fully saturated rings. The highest BCUT2D eigenvalue weighted by Crippen LogP contribution is 2.31. The Hall–Kier alpha value is -0.910. The SMILES string of the molecule is CC1(C)COC(=O)[C@H]1OC(=O)OCS. The van der Waals surface area contributed by atoms with E-state index in [2.05, 4.69) is 17.4 Å². The third kappa shape index (κ3) is 2.31. The number of carbonyl (C=O) groups is 2. The monoisotopic (exact) mass is 220 g/mol. The van der Waals surface area contributed by atoms with Gasteiger partial charge in [-0.25, -0.2) is 9.59 Å². The van der Waals surface area contributed by atoms with Gasteiger partial charge in [-0.05, 0) is 0 Å². The molecule has 80 valence electrons. The number of hydrogen-bond acceptors (Lipinski definition) is 6. The van der Waals surface area contributed by atoms with E-state index in [9.17, 15) is 9.59 Å². The van der Waals surface area contributed by atoms with Gasteiger partial charge in [0.2, 0.25) is 6.10 Å². The van der Waals surface area contributed by atoms with Gasteiger partial charge in [-0.1, -0.05) is 13.8 Å². The smallest absolute Gasteiger partial charge is 0.462 e. The zero-order valence-corrected chi connectivity index (χ0v) is 8.87. The van der Waals surface area contributed by atoms with Gasteiger partial charge in [-0.2, -0.15) is 0 Å². The number of thiol groups is 1. The Kier molecular flexibility index (Phi) is 3.25. The van der Waals surface area contributed by atoms with Gasteiger partial charge in [0, 0.05) is 5.41 Å². The number of ether oxygens (including phenoxy) is 3. The molecule has 5 nitrogen and oxygen atoms in total. The van der Waals surface area contributed by atoms with E-state index in [1.54, 1.807) is 13.8 Å². The molecule has 0 bridgehead atoms. The molecule has 1 saturated heterocycles. The highest BCUT2D eigenvalue weighted by Gasteiger charge is 2.46. The summed E-state index contributed by atoms with van der Waals surface area (Å²) < 4.78 is 14.0. The van der Waals surface area contributed by atoms with Crippen molar-refractivity contribution in [2.75, 3.05) is 12.5 Å². The average Bonchev–Trinajstić information content (AvgIpc) is 2.32. The lowest BCUT2D eigenvalue weighted by atomic mass is 9.90. The van der Waals surface area contributed by atoms with Crippen LogP contribution in [0.15, 0.2) is 0 Å². The van der Waals surface area contributed by atoms with Crippen molar-refractivity contribution in [1.82, 2.24) is 0 Å². The molecule has 0 aromatic rings. The first-order chi connectivity index (χ1) is 6.47. The molecule has 0 N–H and O–H groups in total. The molecule has 0 aliphatic carbocycles. The Balaban J connectivity index is 2.58. The summed E-state index contributed by atoms with van der Waals surface area (Å²) in [6.45, 7) is 3.79. The number of rotatable bonds is 2. The van der Waals surface area contributed by atoms with Crippen molar-refractivity contribution in [2.45, 2.75) is 20.0 Å². The van der Waals surface area contributed by atoms with Crippen LogP contribution in [0.25, 0.3) is 0 Å². The molecule has 1 aliphatic heterocycles. The standard InChI is InChI=1S/C8H12O5S/c1-8(2)3-11-6(9)5(8)13-7(10)12-4-14/h5,14H,3-4H2,1-2H3/t5-/m1/s1. The van der Waals surface area contributed by atoms with E-state index in [4.69, 9.17) is 9.47 Å². The molecule has 6 heteroatoms. The van der Waals surface area contributed by atoms with Crippen LogP contribution in [-0.2, 0) is 19.0 Å². The molecule has 0 unspecified atom stereocenters. The lowest BCUT2D eigenvalue weighted by Gasteiger charge is -2.20. The van der Waals surface area contributed by atoms with Crippen molar-refractivity contribution in [2.24, 2.45) is 5.41 Å². The van der Waals surface area contributed by atoms with Crippen LogP contribution in [-0.4, -0.2) is 30.8 Å². The Labute approximate surface area is 87.1 Å². The molecule has 0 aromatic heterocycles. The van der Waals surface area contributed by atoms with Crippen molar-refractivity contribution in [3.63, 3.8) is 0 Å². The van der Waals surface area contributed by atoms with Gasteiger partial charge in [-0.3, -0.25) is 0 Å². The van der Waals surface area contributed by atoms with Crippen molar-refractivity contribution >= 4 is 24.8 Å². The van der Waals surface area contributed by atoms with Gasteiger partial charge < -0.3 is 14.2 Å². The number of carbonyl (C=O) groups excluding carboxylic acids is 2. The summed E-state index contributed by atoms with van der Waals surface area (Å²) in [7, 11) is 0. The summed E-state index contributed by atoms with van der Waals surface area (Å²) >= 11 is 3.68. The van der Waals surface area contributed by atoms with Crippen LogP contribution in [0.3, 0.4) is 0 Å². The zero-order chi connectivity index (χ0) is 10.8. The molecule has 1 aliphatic rings. The maximum atomic E-state index is 11.2. The molecule has 1 atom stereocenters. The first-order valence-corrected chi connectivity index (χ1v) is 4.71. The summed E-state index contributed by atoms with van der Waals surface area (Å²) in [6, 6.07) is 0. The maximum Gasteiger partial charge on any atom is 0.509 e. The van der Waals surface area contributed by atoms with Crippen molar-refractivity contribution in [3.05, 3.63) is 0 Å². The number of esters is 1. The van der Waals surface area contributed by atoms with Crippen LogP contribution < -0.4 is 0 Å². The minimum atomic E-state index is -0.906. The van der Waals surface area contributed by atoms with Gasteiger partial charge in [0.05, 0.1) is 0 Å². The second-order valence-electron chi connectivity index (χ2n) is 3.62. The maximum absolute atomic E-state index is 11.2. The average molecular weight is 220 g/mol. The quantitative estimate of drug-likeness (QED) is 0.427. The van der Waals surface area contributed by atoms with E-state index in [1.807, 2.05) is 0 Å². The molecule has 0 spiro atoms. The van der Waals surface area contributed by atoms with Gasteiger partial charge in [0.1, 0.15) is 12.5 Å². The molecule has 0 saturated carbocycles. The van der Waals surface area contributed by atoms with Gasteiger partial charge in [0.15, 0.2) is 0 Å². The van der Waals surface area contributed by atoms with Crippen molar-refractivity contribution in [1.29, 1.82) is 0 Å². The van der Waals surface area contributed by atoms with Crippen LogP contribution in [0.1, 0.15) is 13.8 Å². The number of hydrogen-bond donors (Lipinski definition) is 1. The predicted octanol–water partition coefficient (Wildman–Crippen LogP) is 0.978. The summed E-state index contributed by atoms with van der Waals surface area (Å²) in [5, 5.41) is 0. The Morgan fingerprint density at radius 3 is 2.79 bits per heavy atom. The topological polar surface area (TPSA) is 61.8 Å². The predicted molar refractivity (Wildman–Crippen MR) is 49.9 cm³/mol. The fraction of sp³-hybridized carbons (Fsp3) is 0.750. The summed E-state index contributed by atoms with van der Waals surface area (Å²) in [5.74, 6) is -0.618. The molecule has 14 heavy (non-hydrogen) atoms. The highest BCUT2D eigenvalue weighted by atomic mass is 32.1.